The van der Waals surface area contributed by atoms with Crippen molar-refractivity contribution < 1.29 is 28.6 Å². The van der Waals surface area contributed by atoms with E-state index in [1.54, 1.807) is 0 Å². The molecule has 0 aliphatic carbocycles. The number of unbranched alkanes of at least 4 members (excludes halogenated alkanes) is 7. The normalized spacial score (nSPS) is 13.4. The molecule has 0 aromatic carbocycles. The second kappa shape index (κ2) is 53.6. The third-order valence-corrected chi connectivity index (χ3v) is 10.0. The Bertz CT molecular complexity index is 1570. The number of hydrogen-bond acceptors (Lipinski definition) is 6. The first-order chi connectivity index (χ1) is 33.0. The maximum Gasteiger partial charge on any atom is 0.306 e. The first kappa shape index (κ1) is 62.0. The SMILES string of the molecule is CC/C=C\C/C=C\C/C=C\C/C=C\C/C=C\C/C=C\CCC(=O)OCC(COC(=O)CCCCCC/C=C\C/C=C\C/C=C\CC)OC(=O)CCCCC/C=C\C/C=C\C/C=C\C/C=C\CC. The van der Waals surface area contributed by atoms with Gasteiger partial charge in [0.15, 0.2) is 6.10 Å². The molecule has 6 nitrogen and oxygen atoms in total. The summed E-state index contributed by atoms with van der Waals surface area (Å²) in [6.45, 7) is 6.15. The monoisotopic (exact) mass is 921 g/mol. The largest absolute Gasteiger partial charge is 0.462 e. The van der Waals surface area contributed by atoms with E-state index in [-0.39, 0.29) is 44.0 Å². The minimum Gasteiger partial charge on any atom is -0.462 e. The van der Waals surface area contributed by atoms with Crippen LogP contribution < -0.4 is 0 Å². The predicted molar refractivity (Wildman–Crippen MR) is 288 cm³/mol. The molecule has 0 fully saturated rings. The van der Waals surface area contributed by atoms with Crippen molar-refractivity contribution in [2.75, 3.05) is 13.2 Å². The molecule has 0 aliphatic rings. The molecule has 0 spiro atoms. The first-order valence-corrected chi connectivity index (χ1v) is 26.0. The molecule has 0 saturated carbocycles. The third kappa shape index (κ3) is 51.9. The maximum atomic E-state index is 12.8. The number of rotatable bonds is 44. The van der Waals surface area contributed by atoms with Gasteiger partial charge in [0.2, 0.25) is 0 Å². The van der Waals surface area contributed by atoms with E-state index in [9.17, 15) is 14.4 Å². The number of carbonyl (C=O) groups excluding carboxylic acids is 3. The van der Waals surface area contributed by atoms with Crippen LogP contribution in [0.15, 0.2) is 158 Å². The highest BCUT2D eigenvalue weighted by Crippen LogP contribution is 2.11. The van der Waals surface area contributed by atoms with Crippen molar-refractivity contribution in [2.45, 2.75) is 194 Å². The Balaban J connectivity index is 4.63. The standard InChI is InChI=1S/C61H92O6/c1-4-7-10-13-16-19-22-25-28-30-31-32-34-36-39-42-45-48-51-54-60(63)66-57-58(56-65-59(62)53-50-47-44-41-38-35-27-24-21-18-15-12-9-6-3)67-61(64)55-52-49-46-43-40-37-33-29-26-23-20-17-14-11-8-5-2/h7-12,16-21,25-29,31-32,35-37,39-40,45,48,58H,4-6,13-15,22-24,30,33-34,38,41-44,46-47,49-57H2,1-3H3/b10-7-,11-8-,12-9-,19-16-,20-17-,21-18-,28-25-,29-26-,32-31-,35-27-,39-36-,40-37-,48-45-. The Kier molecular flexibility index (Phi) is 49.7. The van der Waals surface area contributed by atoms with E-state index >= 15 is 0 Å². The van der Waals surface area contributed by atoms with E-state index < -0.39 is 6.10 Å². The minimum atomic E-state index is -0.843. The topological polar surface area (TPSA) is 78.9 Å². The fourth-order valence-electron chi connectivity index (χ4n) is 6.24. The Hall–Kier alpha value is -4.97. The van der Waals surface area contributed by atoms with Gasteiger partial charge in [-0.05, 0) is 128 Å². The zero-order valence-electron chi connectivity index (χ0n) is 42.3. The van der Waals surface area contributed by atoms with Gasteiger partial charge in [-0.2, -0.15) is 0 Å². The van der Waals surface area contributed by atoms with Crippen LogP contribution in [0.25, 0.3) is 0 Å². The molecular formula is C61H92O6. The fraction of sp³-hybridized carbons (Fsp3) is 0.525. The summed E-state index contributed by atoms with van der Waals surface area (Å²) < 4.78 is 16.7. The number of carbonyl (C=O) groups is 3. The van der Waals surface area contributed by atoms with Crippen LogP contribution >= 0.6 is 0 Å². The summed E-state index contributed by atoms with van der Waals surface area (Å²) in [6.07, 6.45) is 78.1. The Morgan fingerprint density at radius 1 is 0.299 bits per heavy atom. The molecule has 67 heavy (non-hydrogen) atoms. The van der Waals surface area contributed by atoms with Gasteiger partial charge in [-0.3, -0.25) is 14.4 Å². The molecule has 0 bridgehead atoms. The van der Waals surface area contributed by atoms with Gasteiger partial charge in [-0.15, -0.1) is 0 Å². The van der Waals surface area contributed by atoms with Crippen molar-refractivity contribution in [3.63, 3.8) is 0 Å². The zero-order valence-corrected chi connectivity index (χ0v) is 42.3. The lowest BCUT2D eigenvalue weighted by atomic mass is 10.1. The van der Waals surface area contributed by atoms with Gasteiger partial charge < -0.3 is 14.2 Å². The minimum absolute atomic E-state index is 0.134. The lowest BCUT2D eigenvalue weighted by Gasteiger charge is -2.18. The van der Waals surface area contributed by atoms with E-state index in [2.05, 4.69) is 167 Å². The van der Waals surface area contributed by atoms with E-state index in [0.717, 1.165) is 135 Å². The Labute approximate surface area is 409 Å². The second-order valence-electron chi connectivity index (χ2n) is 16.3. The van der Waals surface area contributed by atoms with Crippen LogP contribution in [0.3, 0.4) is 0 Å². The summed E-state index contributed by atoms with van der Waals surface area (Å²) in [6, 6.07) is 0. The van der Waals surface area contributed by atoms with Crippen LogP contribution in [0.5, 0.6) is 0 Å². The molecule has 0 heterocycles. The van der Waals surface area contributed by atoms with Crippen molar-refractivity contribution in [1.29, 1.82) is 0 Å². The van der Waals surface area contributed by atoms with Gasteiger partial charge in [0.1, 0.15) is 13.2 Å². The highest BCUT2D eigenvalue weighted by Gasteiger charge is 2.19. The van der Waals surface area contributed by atoms with Crippen LogP contribution in [-0.2, 0) is 28.6 Å². The average Bonchev–Trinajstić information content (AvgIpc) is 3.33. The van der Waals surface area contributed by atoms with Gasteiger partial charge in [0.25, 0.3) is 0 Å². The molecular weight excluding hydrogens is 829 g/mol. The number of hydrogen-bond donors (Lipinski definition) is 0. The van der Waals surface area contributed by atoms with Crippen LogP contribution in [0, 0.1) is 0 Å². The summed E-state index contributed by atoms with van der Waals surface area (Å²) in [5.74, 6) is -1.09. The molecule has 0 radical (unpaired) electrons. The maximum absolute atomic E-state index is 12.8. The van der Waals surface area contributed by atoms with E-state index in [0.29, 0.717) is 19.3 Å². The van der Waals surface area contributed by atoms with Crippen molar-refractivity contribution in [1.82, 2.24) is 0 Å². The molecule has 372 valence electrons. The Morgan fingerprint density at radius 2 is 0.567 bits per heavy atom. The molecule has 0 saturated heterocycles. The molecule has 0 aromatic heterocycles. The predicted octanol–water partition coefficient (Wildman–Crippen LogP) is 17.4. The highest BCUT2D eigenvalue weighted by atomic mass is 16.6. The summed E-state index contributed by atoms with van der Waals surface area (Å²) in [7, 11) is 0. The van der Waals surface area contributed by atoms with Gasteiger partial charge in [-0.25, -0.2) is 0 Å². The number of allylic oxidation sites excluding steroid dienone is 26. The lowest BCUT2D eigenvalue weighted by Crippen LogP contribution is -2.30. The Morgan fingerprint density at radius 3 is 0.925 bits per heavy atom. The number of esters is 3. The van der Waals surface area contributed by atoms with Gasteiger partial charge in [-0.1, -0.05) is 198 Å². The van der Waals surface area contributed by atoms with Crippen molar-refractivity contribution in [2.24, 2.45) is 0 Å². The average molecular weight is 921 g/mol. The van der Waals surface area contributed by atoms with Gasteiger partial charge in [0, 0.05) is 19.3 Å². The van der Waals surface area contributed by atoms with Gasteiger partial charge >= 0.3 is 17.9 Å². The van der Waals surface area contributed by atoms with Crippen LogP contribution in [0.2, 0.25) is 0 Å². The van der Waals surface area contributed by atoms with Crippen molar-refractivity contribution >= 4 is 17.9 Å². The van der Waals surface area contributed by atoms with E-state index in [1.807, 2.05) is 12.2 Å². The highest BCUT2D eigenvalue weighted by molar-refractivity contribution is 5.71. The van der Waals surface area contributed by atoms with Crippen molar-refractivity contribution in [3.8, 4) is 0 Å². The molecule has 0 N–H and O–H groups in total. The number of ether oxygens (including phenoxy) is 3. The molecule has 6 heteroatoms. The molecule has 1 atom stereocenters. The van der Waals surface area contributed by atoms with Crippen molar-refractivity contribution in [3.05, 3.63) is 158 Å². The quantitative estimate of drug-likeness (QED) is 0.0262. The molecule has 0 rings (SSSR count). The third-order valence-electron chi connectivity index (χ3n) is 10.0. The summed E-state index contributed by atoms with van der Waals surface area (Å²) in [5.41, 5.74) is 0. The van der Waals surface area contributed by atoms with Crippen LogP contribution in [-0.4, -0.2) is 37.2 Å². The fourth-order valence-corrected chi connectivity index (χ4v) is 6.24. The molecule has 0 aromatic rings. The summed E-state index contributed by atoms with van der Waals surface area (Å²) >= 11 is 0. The molecule has 0 aliphatic heterocycles. The van der Waals surface area contributed by atoms with E-state index in [1.165, 1.54) is 0 Å². The van der Waals surface area contributed by atoms with Crippen LogP contribution in [0.4, 0.5) is 0 Å². The van der Waals surface area contributed by atoms with Crippen LogP contribution in [0.1, 0.15) is 188 Å². The van der Waals surface area contributed by atoms with E-state index in [4.69, 9.17) is 14.2 Å². The molecule has 1 unspecified atom stereocenters. The smallest absolute Gasteiger partial charge is 0.306 e. The molecule has 0 amide bonds. The summed E-state index contributed by atoms with van der Waals surface area (Å²) in [5, 5.41) is 0. The lowest BCUT2D eigenvalue weighted by molar-refractivity contribution is -0.166. The zero-order chi connectivity index (χ0) is 48.6. The van der Waals surface area contributed by atoms with Gasteiger partial charge in [0.05, 0.1) is 0 Å². The summed E-state index contributed by atoms with van der Waals surface area (Å²) in [4.78, 5) is 38.0. The first-order valence-electron chi connectivity index (χ1n) is 26.0. The second-order valence-corrected chi connectivity index (χ2v) is 16.3.